The molecule has 0 radical (unpaired) electrons. The van der Waals surface area contributed by atoms with E-state index in [2.05, 4.69) is 0 Å². The van der Waals surface area contributed by atoms with Crippen molar-refractivity contribution < 1.29 is 13.5 Å². The number of halogens is 2. The summed E-state index contributed by atoms with van der Waals surface area (Å²) in [5.41, 5.74) is 5.62. The highest BCUT2D eigenvalue weighted by Crippen LogP contribution is 2.29. The third-order valence-corrected chi connectivity index (χ3v) is 2.32. The Labute approximate surface area is 88.0 Å². The number of nitrogens with two attached hydrogens (primary N) is 1. The van der Waals surface area contributed by atoms with Gasteiger partial charge in [0.05, 0.1) is 11.8 Å². The molecule has 1 aromatic rings. The summed E-state index contributed by atoms with van der Waals surface area (Å²) in [5, 5.41) is 0. The maximum Gasteiger partial charge on any atom is 0.202 e. The van der Waals surface area contributed by atoms with Crippen LogP contribution in [-0.2, 0) is 0 Å². The Morgan fingerprint density at radius 3 is 2.33 bits per heavy atom. The van der Waals surface area contributed by atoms with Gasteiger partial charge in [0, 0.05) is 0 Å². The van der Waals surface area contributed by atoms with Crippen molar-refractivity contribution in [3.8, 4) is 5.75 Å². The van der Waals surface area contributed by atoms with E-state index in [9.17, 15) is 8.78 Å². The number of hydrogen-bond acceptors (Lipinski definition) is 2. The molecule has 1 atom stereocenters. The van der Waals surface area contributed by atoms with E-state index in [0.717, 1.165) is 6.07 Å². The minimum Gasteiger partial charge on any atom is -0.485 e. The first-order chi connectivity index (χ1) is 6.93. The smallest absolute Gasteiger partial charge is 0.202 e. The van der Waals surface area contributed by atoms with Gasteiger partial charge in [0.1, 0.15) is 0 Å². The van der Waals surface area contributed by atoms with E-state index in [1.165, 1.54) is 6.07 Å². The van der Waals surface area contributed by atoms with Crippen molar-refractivity contribution in [3.05, 3.63) is 23.8 Å². The van der Waals surface area contributed by atoms with E-state index in [0.29, 0.717) is 0 Å². The molecular formula is C11H15F2NO. The van der Waals surface area contributed by atoms with Crippen LogP contribution in [0.25, 0.3) is 0 Å². The summed E-state index contributed by atoms with van der Waals surface area (Å²) in [4.78, 5) is 0. The molecule has 2 nitrogen and oxygen atoms in total. The fourth-order valence-electron chi connectivity index (χ4n) is 0.989. The van der Waals surface area contributed by atoms with Crippen LogP contribution >= 0.6 is 0 Å². The lowest BCUT2D eigenvalue weighted by Gasteiger charge is -2.19. The van der Waals surface area contributed by atoms with Gasteiger partial charge in [-0.1, -0.05) is 13.8 Å². The van der Waals surface area contributed by atoms with Crippen molar-refractivity contribution >= 4 is 5.69 Å². The predicted molar refractivity (Wildman–Crippen MR) is 55.7 cm³/mol. The second kappa shape index (κ2) is 4.47. The normalized spacial score (nSPS) is 12.9. The molecule has 0 amide bonds. The number of hydrogen-bond donors (Lipinski definition) is 1. The molecule has 1 unspecified atom stereocenters. The molecule has 0 heterocycles. The van der Waals surface area contributed by atoms with Crippen LogP contribution in [0.5, 0.6) is 5.75 Å². The Balaban J connectivity index is 2.98. The molecule has 0 bridgehead atoms. The molecule has 4 heteroatoms. The first kappa shape index (κ1) is 11.8. The highest BCUT2D eigenvalue weighted by Gasteiger charge is 2.17. The molecule has 0 aliphatic heterocycles. The molecular weight excluding hydrogens is 200 g/mol. The first-order valence-electron chi connectivity index (χ1n) is 4.83. The number of benzene rings is 1. The molecule has 1 rings (SSSR count). The molecule has 0 aliphatic carbocycles. The summed E-state index contributed by atoms with van der Waals surface area (Å²) in [5.74, 6) is -1.97. The van der Waals surface area contributed by atoms with Gasteiger partial charge >= 0.3 is 0 Å². The maximum atomic E-state index is 13.3. The van der Waals surface area contributed by atoms with Crippen LogP contribution in [0, 0.1) is 17.6 Å². The lowest BCUT2D eigenvalue weighted by Crippen LogP contribution is -2.20. The van der Waals surface area contributed by atoms with Crippen molar-refractivity contribution in [2.75, 3.05) is 5.73 Å². The average molecular weight is 215 g/mol. The van der Waals surface area contributed by atoms with Crippen LogP contribution in [-0.4, -0.2) is 6.10 Å². The monoisotopic (exact) mass is 215 g/mol. The zero-order valence-corrected chi connectivity index (χ0v) is 9.05. The van der Waals surface area contributed by atoms with Crippen LogP contribution in [0.1, 0.15) is 20.8 Å². The third-order valence-electron chi connectivity index (χ3n) is 2.32. The van der Waals surface area contributed by atoms with E-state index < -0.39 is 11.6 Å². The summed E-state index contributed by atoms with van der Waals surface area (Å²) in [7, 11) is 0. The Morgan fingerprint density at radius 1 is 1.20 bits per heavy atom. The summed E-state index contributed by atoms with van der Waals surface area (Å²) in [6.45, 7) is 5.64. The summed E-state index contributed by atoms with van der Waals surface area (Å²) >= 11 is 0. The molecule has 2 N–H and O–H groups in total. The third kappa shape index (κ3) is 2.58. The molecule has 0 saturated heterocycles. The standard InChI is InChI=1S/C11H15F2NO/c1-6(2)7(3)15-11-9(14)5-4-8(12)10(11)13/h4-7H,14H2,1-3H3. The van der Waals surface area contributed by atoms with Crippen molar-refractivity contribution in [3.63, 3.8) is 0 Å². The fourth-order valence-corrected chi connectivity index (χ4v) is 0.989. The number of rotatable bonds is 3. The maximum absolute atomic E-state index is 13.3. The highest BCUT2D eigenvalue weighted by atomic mass is 19.2. The van der Waals surface area contributed by atoms with Crippen LogP contribution in [0.4, 0.5) is 14.5 Å². The van der Waals surface area contributed by atoms with Crippen LogP contribution in [0.15, 0.2) is 12.1 Å². The van der Waals surface area contributed by atoms with Gasteiger partial charge in [-0.25, -0.2) is 4.39 Å². The van der Waals surface area contributed by atoms with Crippen LogP contribution in [0.3, 0.4) is 0 Å². The molecule has 84 valence electrons. The molecule has 0 aliphatic rings. The zero-order chi connectivity index (χ0) is 11.6. The van der Waals surface area contributed by atoms with E-state index in [4.69, 9.17) is 10.5 Å². The van der Waals surface area contributed by atoms with Crippen LogP contribution < -0.4 is 10.5 Å². The van der Waals surface area contributed by atoms with Crippen molar-refractivity contribution in [2.45, 2.75) is 26.9 Å². The predicted octanol–water partition coefficient (Wildman–Crippen LogP) is 2.97. The van der Waals surface area contributed by atoms with Gasteiger partial charge in [-0.05, 0) is 25.0 Å². The molecule has 0 fully saturated rings. The van der Waals surface area contributed by atoms with Crippen molar-refractivity contribution in [2.24, 2.45) is 5.92 Å². The lowest BCUT2D eigenvalue weighted by molar-refractivity contribution is 0.163. The average Bonchev–Trinajstić information content (AvgIpc) is 2.18. The second-order valence-corrected chi connectivity index (χ2v) is 3.85. The number of anilines is 1. The molecule has 0 saturated carbocycles. The molecule has 0 spiro atoms. The van der Waals surface area contributed by atoms with Gasteiger partial charge in [0.15, 0.2) is 11.6 Å². The summed E-state index contributed by atoms with van der Waals surface area (Å²) in [6, 6.07) is 2.28. The minimum atomic E-state index is -1.03. The topological polar surface area (TPSA) is 35.2 Å². The fraction of sp³-hybridized carbons (Fsp3) is 0.455. The molecule has 0 aromatic heterocycles. The quantitative estimate of drug-likeness (QED) is 0.787. The van der Waals surface area contributed by atoms with Gasteiger partial charge in [-0.3, -0.25) is 0 Å². The van der Waals surface area contributed by atoms with E-state index >= 15 is 0 Å². The van der Waals surface area contributed by atoms with Crippen molar-refractivity contribution in [1.29, 1.82) is 0 Å². The summed E-state index contributed by atoms with van der Waals surface area (Å²) in [6.07, 6.45) is -0.219. The number of nitrogen functional groups attached to an aromatic ring is 1. The second-order valence-electron chi connectivity index (χ2n) is 3.85. The van der Waals surface area contributed by atoms with E-state index in [-0.39, 0.29) is 23.5 Å². The Kier molecular flexibility index (Phi) is 3.50. The van der Waals surface area contributed by atoms with Gasteiger partial charge in [0.25, 0.3) is 0 Å². The zero-order valence-electron chi connectivity index (χ0n) is 9.05. The van der Waals surface area contributed by atoms with Gasteiger partial charge in [-0.15, -0.1) is 0 Å². The minimum absolute atomic E-state index is 0.112. The summed E-state index contributed by atoms with van der Waals surface area (Å²) < 4.78 is 31.5. The Morgan fingerprint density at radius 2 is 1.80 bits per heavy atom. The van der Waals surface area contributed by atoms with Gasteiger partial charge < -0.3 is 10.5 Å². The Bertz CT molecular complexity index is 353. The van der Waals surface area contributed by atoms with Gasteiger partial charge in [0.2, 0.25) is 5.82 Å². The largest absolute Gasteiger partial charge is 0.485 e. The van der Waals surface area contributed by atoms with Gasteiger partial charge in [-0.2, -0.15) is 4.39 Å². The van der Waals surface area contributed by atoms with Crippen LogP contribution in [0.2, 0.25) is 0 Å². The number of ether oxygens (including phenoxy) is 1. The lowest BCUT2D eigenvalue weighted by atomic mass is 10.1. The highest BCUT2D eigenvalue weighted by molar-refractivity contribution is 5.53. The Hall–Kier alpha value is -1.32. The SMILES string of the molecule is CC(C)C(C)Oc1c(N)ccc(F)c1F. The van der Waals surface area contributed by atoms with Crippen molar-refractivity contribution in [1.82, 2.24) is 0 Å². The first-order valence-corrected chi connectivity index (χ1v) is 4.83. The van der Waals surface area contributed by atoms with E-state index in [1.54, 1.807) is 6.92 Å². The molecule has 15 heavy (non-hydrogen) atoms. The van der Waals surface area contributed by atoms with E-state index in [1.807, 2.05) is 13.8 Å². The molecule has 1 aromatic carbocycles.